The van der Waals surface area contributed by atoms with E-state index < -0.39 is 22.0 Å². The van der Waals surface area contributed by atoms with E-state index in [1.54, 1.807) is 0 Å². The molecule has 27 heavy (non-hydrogen) atoms. The van der Waals surface area contributed by atoms with Crippen LogP contribution >= 0.6 is 0 Å². The molecule has 1 fully saturated rings. The van der Waals surface area contributed by atoms with Gasteiger partial charge in [-0.25, -0.2) is 21.9 Å². The molecule has 2 aromatic rings. The summed E-state index contributed by atoms with van der Waals surface area (Å²) in [5.41, 5.74) is -0.311. The average molecular weight is 395 g/mol. The Morgan fingerprint density at radius 2 is 1.93 bits per heavy atom. The molecule has 0 saturated carbocycles. The van der Waals surface area contributed by atoms with E-state index >= 15 is 0 Å². The Balaban J connectivity index is 2.15. The maximum Gasteiger partial charge on any atom is 0.283 e. The summed E-state index contributed by atoms with van der Waals surface area (Å²) >= 11 is 0. The normalized spacial score (nSPS) is 15.6. The van der Waals surface area contributed by atoms with Crippen LogP contribution in [0.15, 0.2) is 29.2 Å². The smallest absolute Gasteiger partial charge is 0.283 e. The van der Waals surface area contributed by atoms with Crippen LogP contribution in [-0.4, -0.2) is 50.6 Å². The molecule has 1 aromatic heterocycles. The van der Waals surface area contributed by atoms with Gasteiger partial charge in [-0.15, -0.1) is 0 Å². The van der Waals surface area contributed by atoms with Gasteiger partial charge in [-0.05, 0) is 37.2 Å². The molecule has 0 unspecified atom stereocenters. The van der Waals surface area contributed by atoms with Gasteiger partial charge in [0, 0.05) is 25.9 Å². The fraction of sp³-hybridized carbons (Fsp3) is 0.412. The maximum atomic E-state index is 13.5. The number of hydrogen-bond acceptors (Lipinski definition) is 6. The van der Waals surface area contributed by atoms with Crippen molar-refractivity contribution in [1.82, 2.24) is 15.1 Å². The number of halogens is 2. The van der Waals surface area contributed by atoms with Gasteiger partial charge in [-0.3, -0.25) is 0 Å². The third-order valence-electron chi connectivity index (χ3n) is 4.36. The second-order valence-electron chi connectivity index (χ2n) is 6.26. The molecule has 1 aliphatic heterocycles. The molecule has 3 rings (SSSR count). The molecule has 1 aromatic carbocycles. The van der Waals surface area contributed by atoms with E-state index in [4.69, 9.17) is 0 Å². The summed E-state index contributed by atoms with van der Waals surface area (Å²) in [7, 11) is -3.38. The van der Waals surface area contributed by atoms with Gasteiger partial charge >= 0.3 is 0 Å². The van der Waals surface area contributed by atoms with Crippen molar-refractivity contribution >= 4 is 15.7 Å². The van der Waals surface area contributed by atoms with Crippen molar-refractivity contribution in [3.05, 3.63) is 35.5 Å². The lowest BCUT2D eigenvalue weighted by Crippen LogP contribution is -2.30. The Kier molecular flexibility index (Phi) is 5.43. The van der Waals surface area contributed by atoms with E-state index in [1.165, 1.54) is 28.9 Å². The van der Waals surface area contributed by atoms with Crippen LogP contribution in [-0.2, 0) is 9.84 Å². The van der Waals surface area contributed by atoms with Crippen LogP contribution < -0.4 is 10.2 Å². The van der Waals surface area contributed by atoms with Crippen molar-refractivity contribution in [2.24, 2.45) is 0 Å². The van der Waals surface area contributed by atoms with Gasteiger partial charge in [-0.2, -0.15) is 10.4 Å². The summed E-state index contributed by atoms with van der Waals surface area (Å²) in [5, 5.41) is 16.7. The van der Waals surface area contributed by atoms with Crippen molar-refractivity contribution in [3.8, 4) is 11.8 Å². The molecular weight excluding hydrogens is 376 g/mol. The minimum absolute atomic E-state index is 0.119. The lowest BCUT2D eigenvalue weighted by Gasteiger charge is -2.23. The van der Waals surface area contributed by atoms with Crippen molar-refractivity contribution in [1.29, 1.82) is 5.26 Å². The zero-order valence-corrected chi connectivity index (χ0v) is 15.5. The zero-order chi connectivity index (χ0) is 19.6. The summed E-state index contributed by atoms with van der Waals surface area (Å²) in [6, 6.07) is 7.66. The number of nitrogens with one attached hydrogen (secondary N) is 1. The van der Waals surface area contributed by atoms with Crippen LogP contribution in [0.5, 0.6) is 0 Å². The molecule has 0 radical (unpaired) electrons. The first-order valence-corrected chi connectivity index (χ1v) is 10.3. The van der Waals surface area contributed by atoms with Crippen LogP contribution in [0.4, 0.5) is 14.6 Å². The summed E-state index contributed by atoms with van der Waals surface area (Å²) in [6.45, 7) is 2.60. The van der Waals surface area contributed by atoms with Crippen LogP contribution in [0.3, 0.4) is 0 Å². The van der Waals surface area contributed by atoms with E-state index in [0.717, 1.165) is 19.2 Å². The highest BCUT2D eigenvalue weighted by molar-refractivity contribution is 7.90. The van der Waals surface area contributed by atoms with Gasteiger partial charge in [-0.1, -0.05) is 0 Å². The van der Waals surface area contributed by atoms with Crippen molar-refractivity contribution in [2.75, 3.05) is 37.3 Å². The number of rotatable bonds is 4. The fourth-order valence-electron chi connectivity index (χ4n) is 3.05. The number of anilines is 1. The molecule has 0 aliphatic carbocycles. The first-order valence-electron chi connectivity index (χ1n) is 8.40. The number of benzene rings is 1. The fourth-order valence-corrected chi connectivity index (χ4v) is 3.68. The predicted octanol–water partition coefficient (Wildman–Crippen LogP) is 1.88. The molecule has 0 spiro atoms. The molecule has 7 nitrogen and oxygen atoms in total. The number of aromatic nitrogens is 2. The van der Waals surface area contributed by atoms with E-state index in [2.05, 4.69) is 10.4 Å². The number of alkyl halides is 2. The number of hydrogen-bond donors (Lipinski definition) is 1. The van der Waals surface area contributed by atoms with Gasteiger partial charge in [0.2, 0.25) is 0 Å². The Bertz CT molecular complexity index is 956. The zero-order valence-electron chi connectivity index (χ0n) is 14.7. The number of nitriles is 1. The third kappa shape index (κ3) is 3.94. The Morgan fingerprint density at radius 1 is 1.22 bits per heavy atom. The largest absolute Gasteiger partial charge is 0.354 e. The Morgan fingerprint density at radius 3 is 2.52 bits per heavy atom. The van der Waals surface area contributed by atoms with E-state index in [9.17, 15) is 22.5 Å². The number of nitrogens with zero attached hydrogens (tertiary/aromatic N) is 4. The topological polar surface area (TPSA) is 91.0 Å². The van der Waals surface area contributed by atoms with Crippen molar-refractivity contribution < 1.29 is 17.2 Å². The van der Waals surface area contributed by atoms with E-state index in [-0.39, 0.29) is 10.5 Å². The molecule has 144 valence electrons. The second kappa shape index (κ2) is 7.62. The minimum Gasteiger partial charge on any atom is -0.354 e. The van der Waals surface area contributed by atoms with Gasteiger partial charge in [0.1, 0.15) is 17.3 Å². The lowest BCUT2D eigenvalue weighted by atomic mass is 10.2. The highest BCUT2D eigenvalue weighted by Gasteiger charge is 2.28. The number of sulfone groups is 1. The van der Waals surface area contributed by atoms with Crippen LogP contribution in [0.1, 0.15) is 24.1 Å². The van der Waals surface area contributed by atoms with Crippen LogP contribution in [0.2, 0.25) is 0 Å². The predicted molar refractivity (Wildman–Crippen MR) is 96.0 cm³/mol. The summed E-state index contributed by atoms with van der Waals surface area (Å²) in [4.78, 5) is 1.98. The molecular formula is C17H19F2N5O2S. The third-order valence-corrected chi connectivity index (χ3v) is 5.48. The lowest BCUT2D eigenvalue weighted by molar-refractivity contribution is 0.145. The summed E-state index contributed by atoms with van der Waals surface area (Å²) < 4.78 is 51.5. The summed E-state index contributed by atoms with van der Waals surface area (Å²) in [5.74, 6) is 0.309. The SMILES string of the molecule is CS(=O)(=O)c1ccc(-n2nc(C(F)F)c(C#N)c2N2CCCNCC2)cc1. The maximum absolute atomic E-state index is 13.5. The minimum atomic E-state index is -3.38. The first kappa shape index (κ1) is 19.3. The monoisotopic (exact) mass is 395 g/mol. The molecule has 0 amide bonds. The van der Waals surface area contributed by atoms with Crippen molar-refractivity contribution in [3.63, 3.8) is 0 Å². The first-order chi connectivity index (χ1) is 12.8. The van der Waals surface area contributed by atoms with E-state index in [0.29, 0.717) is 31.1 Å². The molecule has 1 aliphatic rings. The standard InChI is InChI=1S/C17H19F2N5O2S/c1-27(25,26)13-5-3-12(4-6-13)24-17(23-9-2-7-21-8-10-23)14(11-20)15(22-24)16(18)19/h3-6,16,21H,2,7-10H2,1H3. The van der Waals surface area contributed by atoms with Gasteiger partial charge in [0.25, 0.3) is 6.43 Å². The molecule has 1 saturated heterocycles. The highest BCUT2D eigenvalue weighted by Crippen LogP contribution is 2.32. The van der Waals surface area contributed by atoms with Crippen LogP contribution in [0, 0.1) is 11.3 Å². The highest BCUT2D eigenvalue weighted by atomic mass is 32.2. The van der Waals surface area contributed by atoms with Crippen LogP contribution in [0.25, 0.3) is 5.69 Å². The molecule has 0 bridgehead atoms. The van der Waals surface area contributed by atoms with Gasteiger partial charge in [0.05, 0.1) is 10.6 Å². The molecule has 2 heterocycles. The van der Waals surface area contributed by atoms with Crippen molar-refractivity contribution in [2.45, 2.75) is 17.7 Å². The summed E-state index contributed by atoms with van der Waals surface area (Å²) in [6.07, 6.45) is -0.999. The molecule has 10 heteroatoms. The Labute approximate surface area is 156 Å². The quantitative estimate of drug-likeness (QED) is 0.850. The van der Waals surface area contributed by atoms with E-state index in [1.807, 2.05) is 11.0 Å². The average Bonchev–Trinajstić information content (AvgIpc) is 2.81. The second-order valence-corrected chi connectivity index (χ2v) is 8.28. The van der Waals surface area contributed by atoms with Gasteiger partial charge < -0.3 is 10.2 Å². The van der Waals surface area contributed by atoms with Gasteiger partial charge in [0.15, 0.2) is 15.7 Å². The molecule has 1 N–H and O–H groups in total. The Hall–Kier alpha value is -2.51. The molecule has 0 atom stereocenters.